The van der Waals surface area contributed by atoms with Gasteiger partial charge in [0.25, 0.3) is 10.1 Å². The van der Waals surface area contributed by atoms with Gasteiger partial charge in [0, 0.05) is 5.92 Å². The highest BCUT2D eigenvalue weighted by Crippen LogP contribution is 2.23. The average molecular weight is 455 g/mol. The fourth-order valence-corrected chi connectivity index (χ4v) is 4.80. The second-order valence-corrected chi connectivity index (χ2v) is 11.8. The summed E-state index contributed by atoms with van der Waals surface area (Å²) < 4.78 is 29.8. The molecule has 1 aromatic carbocycles. The van der Waals surface area contributed by atoms with Crippen LogP contribution in [0.4, 0.5) is 0 Å². The van der Waals surface area contributed by atoms with Crippen LogP contribution in [-0.4, -0.2) is 26.2 Å². The molecule has 1 aromatic rings. The highest BCUT2D eigenvalue weighted by atomic mass is 32.2. The lowest BCUT2D eigenvalue weighted by Crippen LogP contribution is -2.24. The van der Waals surface area contributed by atoms with Crippen molar-refractivity contribution in [1.82, 2.24) is 0 Å². The molecule has 0 saturated heterocycles. The molecule has 0 radical (unpaired) electrons. The Morgan fingerprint density at radius 1 is 0.806 bits per heavy atom. The Balaban J connectivity index is 2.25. The van der Waals surface area contributed by atoms with Crippen LogP contribution < -0.4 is 0 Å². The first-order valence-corrected chi connectivity index (χ1v) is 13.6. The number of benzene rings is 1. The molecule has 1 rings (SSSR count). The van der Waals surface area contributed by atoms with E-state index in [1.54, 1.807) is 24.3 Å². The molecule has 1 N–H and O–H groups in total. The van der Waals surface area contributed by atoms with Gasteiger partial charge in [-0.3, -0.25) is 4.18 Å². The van der Waals surface area contributed by atoms with Gasteiger partial charge >= 0.3 is 0 Å². The van der Waals surface area contributed by atoms with Crippen molar-refractivity contribution in [3.63, 3.8) is 0 Å². The Labute approximate surface area is 191 Å². The number of aliphatic hydroxyl groups excluding tert-OH is 1. The van der Waals surface area contributed by atoms with Crippen molar-refractivity contribution in [2.24, 2.45) is 23.7 Å². The van der Waals surface area contributed by atoms with Gasteiger partial charge in [0.05, 0.1) is 17.6 Å². The van der Waals surface area contributed by atoms with E-state index in [1.165, 1.54) is 38.5 Å². The van der Waals surface area contributed by atoms with Gasteiger partial charge in [-0.25, -0.2) is 0 Å². The fraction of sp³-hybridized carbons (Fsp3) is 0.769. The van der Waals surface area contributed by atoms with Crippen molar-refractivity contribution < 1.29 is 17.7 Å². The molecule has 180 valence electrons. The SMILES string of the molecule is Cc1ccc(S(=O)(=O)OC[C@@H](C)C(O)CCC(C)CCCC(C)CCCC(C)C)cc1. The number of aryl methyl sites for hydroxylation is 1. The molecule has 0 spiro atoms. The summed E-state index contributed by atoms with van der Waals surface area (Å²) in [5, 5.41) is 10.5. The van der Waals surface area contributed by atoms with Crippen molar-refractivity contribution in [3.05, 3.63) is 29.8 Å². The maximum absolute atomic E-state index is 12.3. The molecule has 5 heteroatoms. The predicted molar refractivity (Wildman–Crippen MR) is 130 cm³/mol. The first-order chi connectivity index (χ1) is 14.5. The van der Waals surface area contributed by atoms with Crippen LogP contribution in [0.25, 0.3) is 0 Å². The zero-order chi connectivity index (χ0) is 23.4. The second-order valence-electron chi connectivity index (χ2n) is 10.1. The molecule has 0 aromatic heterocycles. The van der Waals surface area contributed by atoms with E-state index in [1.807, 2.05) is 13.8 Å². The highest BCUT2D eigenvalue weighted by Gasteiger charge is 2.21. The molecule has 0 fully saturated rings. The third-order valence-corrected chi connectivity index (χ3v) is 7.58. The van der Waals surface area contributed by atoms with Gasteiger partial charge < -0.3 is 5.11 Å². The van der Waals surface area contributed by atoms with Gasteiger partial charge in [-0.15, -0.1) is 0 Å². The third-order valence-electron chi connectivity index (χ3n) is 6.28. The summed E-state index contributed by atoms with van der Waals surface area (Å²) in [6.07, 6.45) is 8.79. The van der Waals surface area contributed by atoms with Crippen LogP contribution in [0.5, 0.6) is 0 Å². The van der Waals surface area contributed by atoms with Gasteiger partial charge in [-0.05, 0) is 49.7 Å². The van der Waals surface area contributed by atoms with E-state index in [9.17, 15) is 13.5 Å². The number of aliphatic hydroxyl groups is 1. The van der Waals surface area contributed by atoms with Crippen LogP contribution >= 0.6 is 0 Å². The molecule has 31 heavy (non-hydrogen) atoms. The first-order valence-electron chi connectivity index (χ1n) is 12.2. The Morgan fingerprint density at radius 2 is 1.32 bits per heavy atom. The molecule has 0 saturated carbocycles. The molecule has 3 unspecified atom stereocenters. The average Bonchev–Trinajstić information content (AvgIpc) is 2.70. The molecular weight excluding hydrogens is 408 g/mol. The van der Waals surface area contributed by atoms with E-state index in [-0.39, 0.29) is 17.4 Å². The van der Waals surface area contributed by atoms with Crippen molar-refractivity contribution in [1.29, 1.82) is 0 Å². The van der Waals surface area contributed by atoms with Gasteiger partial charge in [0.1, 0.15) is 0 Å². The van der Waals surface area contributed by atoms with Crippen LogP contribution in [-0.2, 0) is 14.3 Å². The molecule has 0 aliphatic carbocycles. The Bertz CT molecular complexity index is 697. The van der Waals surface area contributed by atoms with Gasteiger partial charge in [0.2, 0.25) is 0 Å². The zero-order valence-corrected chi connectivity index (χ0v) is 21.5. The fourth-order valence-electron chi connectivity index (χ4n) is 3.80. The summed E-state index contributed by atoms with van der Waals surface area (Å²) in [5.74, 6) is 1.94. The molecule has 0 aliphatic rings. The van der Waals surface area contributed by atoms with Crippen molar-refractivity contribution in [2.45, 2.75) is 104 Å². The van der Waals surface area contributed by atoms with Crippen molar-refractivity contribution in [2.75, 3.05) is 6.61 Å². The van der Waals surface area contributed by atoms with Crippen LogP contribution in [0.3, 0.4) is 0 Å². The van der Waals surface area contributed by atoms with Crippen LogP contribution in [0.2, 0.25) is 0 Å². The topological polar surface area (TPSA) is 63.6 Å². The van der Waals surface area contributed by atoms with E-state index in [2.05, 4.69) is 27.7 Å². The van der Waals surface area contributed by atoms with Gasteiger partial charge in [-0.2, -0.15) is 8.42 Å². The standard InChI is InChI=1S/C26H46O4S/c1-20(2)9-7-10-21(3)11-8-12-22(4)15-18-26(27)24(6)19-30-31(28,29)25-16-13-23(5)14-17-25/h13-14,16-17,20-22,24,26-27H,7-12,15,18-19H2,1-6H3/t21?,22?,24-,26?/m1/s1. The summed E-state index contributed by atoms with van der Waals surface area (Å²) in [7, 11) is -3.78. The lowest BCUT2D eigenvalue weighted by atomic mass is 9.90. The van der Waals surface area contributed by atoms with Crippen LogP contribution in [0, 0.1) is 30.6 Å². The minimum atomic E-state index is -3.78. The summed E-state index contributed by atoms with van der Waals surface area (Å²) in [6, 6.07) is 6.61. The zero-order valence-electron chi connectivity index (χ0n) is 20.6. The molecule has 0 amide bonds. The lowest BCUT2D eigenvalue weighted by molar-refractivity contribution is 0.0736. The van der Waals surface area contributed by atoms with E-state index < -0.39 is 16.2 Å². The van der Waals surface area contributed by atoms with E-state index in [0.29, 0.717) is 12.3 Å². The molecule has 0 bridgehead atoms. The summed E-state index contributed by atoms with van der Waals surface area (Å²) >= 11 is 0. The number of hydrogen-bond donors (Lipinski definition) is 1. The summed E-state index contributed by atoms with van der Waals surface area (Å²) in [6.45, 7) is 12.9. The van der Waals surface area contributed by atoms with E-state index in [4.69, 9.17) is 4.18 Å². The van der Waals surface area contributed by atoms with Gasteiger partial charge in [0.15, 0.2) is 0 Å². The Kier molecular flexibility index (Phi) is 13.0. The molecule has 0 heterocycles. The van der Waals surface area contributed by atoms with Crippen LogP contribution in [0.15, 0.2) is 29.2 Å². The lowest BCUT2D eigenvalue weighted by Gasteiger charge is -2.21. The monoisotopic (exact) mass is 454 g/mol. The van der Waals surface area contributed by atoms with Crippen molar-refractivity contribution >= 4 is 10.1 Å². The largest absolute Gasteiger partial charge is 0.393 e. The Morgan fingerprint density at radius 3 is 1.87 bits per heavy atom. The molecule has 4 nitrogen and oxygen atoms in total. The maximum atomic E-state index is 12.3. The van der Waals surface area contributed by atoms with E-state index >= 15 is 0 Å². The van der Waals surface area contributed by atoms with Gasteiger partial charge in [-0.1, -0.05) is 90.8 Å². The number of rotatable bonds is 16. The van der Waals surface area contributed by atoms with Crippen molar-refractivity contribution in [3.8, 4) is 0 Å². The van der Waals surface area contributed by atoms with E-state index in [0.717, 1.165) is 23.8 Å². The summed E-state index contributed by atoms with van der Waals surface area (Å²) in [5.41, 5.74) is 0.998. The first kappa shape index (κ1) is 28.1. The smallest absolute Gasteiger partial charge is 0.296 e. The molecule has 4 atom stereocenters. The summed E-state index contributed by atoms with van der Waals surface area (Å²) in [4.78, 5) is 0.159. The third kappa shape index (κ3) is 12.1. The van der Waals surface area contributed by atoms with Crippen LogP contribution in [0.1, 0.15) is 91.5 Å². The maximum Gasteiger partial charge on any atom is 0.296 e. The molecule has 0 aliphatic heterocycles. The Hall–Kier alpha value is -0.910. The minimum Gasteiger partial charge on any atom is -0.393 e. The second kappa shape index (κ2) is 14.3. The quantitative estimate of drug-likeness (QED) is 0.281. The number of hydrogen-bond acceptors (Lipinski definition) is 4. The predicted octanol–water partition coefficient (Wildman–Crippen LogP) is 6.75. The minimum absolute atomic E-state index is 0.000348. The molecular formula is C26H46O4S. The highest BCUT2D eigenvalue weighted by molar-refractivity contribution is 7.86. The normalized spacial score (nSPS) is 16.3.